The summed E-state index contributed by atoms with van der Waals surface area (Å²) in [5, 5.41) is 5.55. The van der Waals surface area contributed by atoms with Gasteiger partial charge in [-0.2, -0.15) is 0 Å². The van der Waals surface area contributed by atoms with Crippen molar-refractivity contribution >= 4 is 28.8 Å². The summed E-state index contributed by atoms with van der Waals surface area (Å²) >= 11 is 1.42. The van der Waals surface area contributed by atoms with E-state index in [1.165, 1.54) is 11.8 Å². The van der Waals surface area contributed by atoms with Crippen molar-refractivity contribution in [1.82, 2.24) is 15.2 Å². The Hall–Kier alpha value is -3.79. The van der Waals surface area contributed by atoms with Gasteiger partial charge in [-0.25, -0.2) is 9.79 Å². The van der Waals surface area contributed by atoms with Crippen molar-refractivity contribution in [3.8, 4) is 11.5 Å². The highest BCUT2D eigenvalue weighted by Gasteiger charge is 2.42. The zero-order valence-corrected chi connectivity index (χ0v) is 22.1. The van der Waals surface area contributed by atoms with Crippen LogP contribution in [0.15, 0.2) is 70.0 Å². The fourth-order valence-electron chi connectivity index (χ4n) is 4.29. The number of rotatable bonds is 10. The second-order valence-electron chi connectivity index (χ2n) is 8.32. The molecule has 1 unspecified atom stereocenters. The van der Waals surface area contributed by atoms with Gasteiger partial charge in [0.25, 0.3) is 0 Å². The van der Waals surface area contributed by atoms with Crippen LogP contribution in [0, 0.1) is 0 Å². The first-order chi connectivity index (χ1) is 18.0. The van der Waals surface area contributed by atoms with Crippen molar-refractivity contribution in [2.24, 2.45) is 4.99 Å². The zero-order valence-electron chi connectivity index (χ0n) is 21.3. The van der Waals surface area contributed by atoms with Gasteiger partial charge in [-0.3, -0.25) is 9.78 Å². The van der Waals surface area contributed by atoms with Crippen LogP contribution in [0.2, 0.25) is 0 Å². The molecule has 0 saturated heterocycles. The number of aromatic nitrogens is 1. The molecular weight excluding hydrogens is 492 g/mol. The summed E-state index contributed by atoms with van der Waals surface area (Å²) in [6, 6.07) is 10.5. The monoisotopic (exact) mass is 522 g/mol. The number of ether oxygens (including phenoxy) is 3. The number of benzene rings is 1. The lowest BCUT2D eigenvalue weighted by atomic mass is 9.92. The molecule has 2 aliphatic rings. The molecule has 194 valence electrons. The number of hydrogen-bond acceptors (Lipinski definition) is 9. The summed E-state index contributed by atoms with van der Waals surface area (Å²) in [5.74, 6) is 0.598. The normalized spacial score (nSPS) is 16.5. The number of carbonyl (C=O) groups excluding carboxylic acids is 2. The highest BCUT2D eigenvalue weighted by molar-refractivity contribution is 8.16. The van der Waals surface area contributed by atoms with Gasteiger partial charge in [0.2, 0.25) is 5.91 Å². The van der Waals surface area contributed by atoms with E-state index >= 15 is 0 Å². The van der Waals surface area contributed by atoms with Gasteiger partial charge in [-0.15, -0.1) is 0 Å². The van der Waals surface area contributed by atoms with Crippen LogP contribution in [0.4, 0.5) is 0 Å². The molecule has 0 saturated carbocycles. The molecule has 9 nitrogen and oxygen atoms in total. The van der Waals surface area contributed by atoms with Crippen LogP contribution in [0.5, 0.6) is 11.5 Å². The topological polar surface area (TPSA) is 102 Å². The summed E-state index contributed by atoms with van der Waals surface area (Å²) < 4.78 is 16.6. The van der Waals surface area contributed by atoms with E-state index in [4.69, 9.17) is 14.2 Å². The molecule has 0 fully saturated rings. The quantitative estimate of drug-likeness (QED) is 0.468. The lowest BCUT2D eigenvalue weighted by molar-refractivity contribution is -0.139. The number of fused-ring (bicyclic) bond motifs is 1. The van der Waals surface area contributed by atoms with Crippen LogP contribution >= 0.6 is 11.8 Å². The maximum Gasteiger partial charge on any atom is 0.338 e. The fourth-order valence-corrected chi connectivity index (χ4v) is 5.25. The summed E-state index contributed by atoms with van der Waals surface area (Å²) in [5.41, 5.74) is 3.29. The van der Waals surface area contributed by atoms with Gasteiger partial charge in [0.15, 0.2) is 5.17 Å². The minimum Gasteiger partial charge on any atom is -0.497 e. The van der Waals surface area contributed by atoms with Crippen molar-refractivity contribution in [2.45, 2.75) is 32.7 Å². The Morgan fingerprint density at radius 2 is 2.00 bits per heavy atom. The molecule has 0 spiro atoms. The molecule has 4 rings (SSSR count). The molecule has 3 heterocycles. The zero-order chi connectivity index (χ0) is 26.4. The standard InChI is InChI=1S/C27H30N4O5S/c1-5-36-26(33)24-17(2)30-27-31(25(24)21-15-20(34-3)9-10-22(21)35-4)19(16-37-27)14-23(32)29-13-11-18-8-6-7-12-28-18/h6-10,12,15-16,25H,5,11,13-14H2,1-4H3,(H,29,32). The lowest BCUT2D eigenvalue weighted by Gasteiger charge is -2.36. The molecule has 1 atom stereocenters. The van der Waals surface area contributed by atoms with E-state index < -0.39 is 12.0 Å². The average molecular weight is 523 g/mol. The van der Waals surface area contributed by atoms with Crippen LogP contribution < -0.4 is 14.8 Å². The second-order valence-corrected chi connectivity index (χ2v) is 9.16. The number of amidine groups is 1. The molecule has 0 aliphatic carbocycles. The van der Waals surface area contributed by atoms with Gasteiger partial charge in [0.05, 0.1) is 44.6 Å². The van der Waals surface area contributed by atoms with Gasteiger partial charge < -0.3 is 24.4 Å². The van der Waals surface area contributed by atoms with Crippen LogP contribution in [0.3, 0.4) is 0 Å². The highest BCUT2D eigenvalue weighted by Crippen LogP contribution is 2.47. The van der Waals surface area contributed by atoms with Crippen LogP contribution in [-0.4, -0.2) is 54.3 Å². The molecule has 1 N–H and O–H groups in total. The number of thioether (sulfide) groups is 1. The molecule has 2 aliphatic heterocycles. The van der Waals surface area contributed by atoms with Crippen LogP contribution in [-0.2, 0) is 20.7 Å². The van der Waals surface area contributed by atoms with Crippen molar-refractivity contribution in [3.63, 3.8) is 0 Å². The lowest BCUT2D eigenvalue weighted by Crippen LogP contribution is -2.38. The van der Waals surface area contributed by atoms with Gasteiger partial charge >= 0.3 is 5.97 Å². The third-order valence-electron chi connectivity index (χ3n) is 6.00. The van der Waals surface area contributed by atoms with Crippen molar-refractivity contribution in [1.29, 1.82) is 0 Å². The first-order valence-corrected chi connectivity index (χ1v) is 12.8. The largest absolute Gasteiger partial charge is 0.497 e. The number of methoxy groups -OCH3 is 2. The molecule has 1 aromatic heterocycles. The van der Waals surface area contributed by atoms with Gasteiger partial charge in [-0.1, -0.05) is 17.8 Å². The fraction of sp³-hybridized carbons (Fsp3) is 0.333. The predicted octanol–water partition coefficient (Wildman–Crippen LogP) is 3.99. The van der Waals surface area contributed by atoms with E-state index in [1.54, 1.807) is 46.4 Å². The Morgan fingerprint density at radius 1 is 1.16 bits per heavy atom. The number of pyridine rings is 1. The number of aliphatic imine (C=N–C) groups is 1. The van der Waals surface area contributed by atoms with Crippen LogP contribution in [0.25, 0.3) is 0 Å². The number of carbonyl (C=O) groups is 2. The number of hydrogen-bond donors (Lipinski definition) is 1. The molecule has 0 bridgehead atoms. The van der Waals surface area contributed by atoms with E-state index in [1.807, 2.05) is 34.6 Å². The SMILES string of the molecule is CCOC(=O)C1=C(C)N=C2SC=C(CC(=O)NCCc3ccccn3)N2C1c1cc(OC)ccc1OC. The van der Waals surface area contributed by atoms with E-state index in [0.717, 1.165) is 11.4 Å². The molecule has 37 heavy (non-hydrogen) atoms. The Morgan fingerprint density at radius 3 is 2.70 bits per heavy atom. The number of esters is 1. The molecule has 1 aromatic carbocycles. The Kier molecular flexibility index (Phi) is 8.50. The summed E-state index contributed by atoms with van der Waals surface area (Å²) in [6.45, 7) is 4.25. The summed E-state index contributed by atoms with van der Waals surface area (Å²) in [4.78, 5) is 37.0. The van der Waals surface area contributed by atoms with E-state index in [2.05, 4.69) is 15.3 Å². The second kappa shape index (κ2) is 12.0. The van der Waals surface area contributed by atoms with Gasteiger partial charge in [0.1, 0.15) is 11.5 Å². The smallest absolute Gasteiger partial charge is 0.338 e. The van der Waals surface area contributed by atoms with Crippen molar-refractivity contribution < 1.29 is 23.8 Å². The Balaban J connectivity index is 1.63. The number of nitrogens with zero attached hydrogens (tertiary/aromatic N) is 3. The molecule has 1 amide bonds. The molecule has 2 aromatic rings. The minimum absolute atomic E-state index is 0.117. The summed E-state index contributed by atoms with van der Waals surface area (Å²) in [7, 11) is 3.16. The van der Waals surface area contributed by atoms with Crippen molar-refractivity contribution in [2.75, 3.05) is 27.4 Å². The molecular formula is C27H30N4O5S. The van der Waals surface area contributed by atoms with Gasteiger partial charge in [-0.05, 0) is 49.6 Å². The Labute approximate surface area is 220 Å². The maximum atomic E-state index is 13.2. The van der Waals surface area contributed by atoms with E-state index in [-0.39, 0.29) is 18.9 Å². The number of nitrogens with one attached hydrogen (secondary N) is 1. The molecule has 0 radical (unpaired) electrons. The number of amides is 1. The first kappa shape index (κ1) is 26.3. The number of allylic oxidation sites excluding steroid dienone is 1. The van der Waals surface area contributed by atoms with Gasteiger partial charge in [0, 0.05) is 36.1 Å². The van der Waals surface area contributed by atoms with E-state index in [0.29, 0.717) is 46.5 Å². The maximum absolute atomic E-state index is 13.2. The highest BCUT2D eigenvalue weighted by atomic mass is 32.2. The Bertz CT molecular complexity index is 1260. The predicted molar refractivity (Wildman–Crippen MR) is 142 cm³/mol. The third-order valence-corrected chi connectivity index (χ3v) is 6.89. The average Bonchev–Trinajstić information content (AvgIpc) is 3.29. The minimum atomic E-state index is -0.612. The van der Waals surface area contributed by atoms with Crippen molar-refractivity contribution in [3.05, 3.63) is 76.2 Å². The molecule has 10 heteroatoms. The third kappa shape index (κ3) is 5.80. The summed E-state index contributed by atoms with van der Waals surface area (Å²) in [6.07, 6.45) is 2.49. The van der Waals surface area contributed by atoms with Crippen LogP contribution in [0.1, 0.15) is 37.6 Å². The van der Waals surface area contributed by atoms with E-state index in [9.17, 15) is 9.59 Å². The first-order valence-electron chi connectivity index (χ1n) is 12.0.